The molecule has 1 aliphatic carbocycles. The lowest BCUT2D eigenvalue weighted by molar-refractivity contribution is -0.348. The number of benzene rings is 2. The summed E-state index contributed by atoms with van der Waals surface area (Å²) in [6, 6.07) is 4.06. The highest BCUT2D eigenvalue weighted by atomic mass is 35.5. The molecule has 0 atom stereocenters. The van der Waals surface area contributed by atoms with Gasteiger partial charge in [0.1, 0.15) is 0 Å². The Bertz CT molecular complexity index is 1220. The number of hydrogen-bond donors (Lipinski definition) is 2. The molecule has 2 aromatic carbocycles. The van der Waals surface area contributed by atoms with Crippen molar-refractivity contribution in [3.63, 3.8) is 0 Å². The topological polar surface area (TPSA) is 72.2 Å². The Labute approximate surface area is 214 Å². The van der Waals surface area contributed by atoms with Crippen molar-refractivity contribution in [3.05, 3.63) is 73.7 Å². The number of nitrogens with two attached hydrogens (primary N) is 1. The molecule has 0 spiro atoms. The van der Waals surface area contributed by atoms with E-state index in [9.17, 15) is 40.3 Å². The minimum Gasteiger partial charge on any atom is -0.398 e. The van der Waals surface area contributed by atoms with Gasteiger partial charge in [0.05, 0.1) is 26.2 Å². The average Bonchev–Trinajstić information content (AvgIpc) is 3.54. The second-order valence-electron chi connectivity index (χ2n) is 7.88. The summed E-state index contributed by atoms with van der Waals surface area (Å²) in [5.74, 6) is -1.58. The Morgan fingerprint density at radius 1 is 0.889 bits per heavy atom. The van der Waals surface area contributed by atoms with Gasteiger partial charge in [-0.05, 0) is 42.7 Å². The Hall–Kier alpha value is -2.50. The molecule has 2 aromatic rings. The van der Waals surface area contributed by atoms with Crippen LogP contribution in [0.25, 0.3) is 5.70 Å². The number of allylic oxidation sites excluding steroid dienone is 1. The highest BCUT2D eigenvalue weighted by Crippen LogP contribution is 2.54. The number of rotatable bonds is 6. The lowest BCUT2D eigenvalue weighted by atomic mass is 9.92. The van der Waals surface area contributed by atoms with E-state index in [0.29, 0.717) is 0 Å². The monoisotopic (exact) mass is 576 g/mol. The minimum absolute atomic E-state index is 0.0221. The normalized spacial score (nSPS) is 15.1. The number of amides is 1. The number of carbonyl (C=O) groups is 2. The minimum atomic E-state index is -6.40. The third-order valence-corrected chi connectivity index (χ3v) is 6.14. The number of carbonyl (C=O) groups excluding carboxylic acids is 2. The highest BCUT2D eigenvalue weighted by molar-refractivity contribution is 6.41. The van der Waals surface area contributed by atoms with Crippen LogP contribution in [0.15, 0.2) is 36.4 Å². The zero-order valence-electron chi connectivity index (χ0n) is 17.6. The Balaban J connectivity index is 1.97. The molecule has 1 amide bonds. The molecule has 0 bridgehead atoms. The maximum Gasteiger partial charge on any atom is 0.435 e. The van der Waals surface area contributed by atoms with Crippen molar-refractivity contribution in [3.8, 4) is 0 Å². The van der Waals surface area contributed by atoms with Gasteiger partial charge in [0, 0.05) is 23.4 Å². The number of nitrogens with one attached hydrogen (secondary N) is 1. The first-order valence-corrected chi connectivity index (χ1v) is 11.0. The summed E-state index contributed by atoms with van der Waals surface area (Å²) in [6.07, 6.45) is -10.4. The molecular formula is C22H14Cl3F7N2O2. The summed E-state index contributed by atoms with van der Waals surface area (Å²) in [7, 11) is 0. The van der Waals surface area contributed by atoms with E-state index >= 15 is 0 Å². The average molecular weight is 578 g/mol. The van der Waals surface area contributed by atoms with Crippen LogP contribution in [0.3, 0.4) is 0 Å². The van der Waals surface area contributed by atoms with Crippen LogP contribution in [0.5, 0.6) is 0 Å². The molecule has 14 heteroatoms. The van der Waals surface area contributed by atoms with Crippen LogP contribution in [0.2, 0.25) is 15.1 Å². The number of ketones is 1. The molecular weight excluding hydrogens is 564 g/mol. The molecule has 194 valence electrons. The molecule has 0 aliphatic heterocycles. The van der Waals surface area contributed by atoms with Crippen LogP contribution in [0, 0.1) is 0 Å². The first-order valence-electron chi connectivity index (χ1n) is 9.91. The van der Waals surface area contributed by atoms with E-state index in [1.165, 1.54) is 18.2 Å². The number of halogens is 10. The quantitative estimate of drug-likeness (QED) is 0.220. The summed E-state index contributed by atoms with van der Waals surface area (Å²) < 4.78 is 92.6. The van der Waals surface area contributed by atoms with Crippen molar-refractivity contribution < 1.29 is 40.3 Å². The van der Waals surface area contributed by atoms with Gasteiger partial charge in [0.2, 0.25) is 0 Å². The molecule has 0 unspecified atom stereocenters. The zero-order chi connectivity index (χ0) is 27.2. The summed E-state index contributed by atoms with van der Waals surface area (Å²) >= 11 is 17.6. The predicted octanol–water partition coefficient (Wildman–Crippen LogP) is 7.01. The number of alkyl halides is 7. The molecule has 1 saturated carbocycles. The highest BCUT2D eigenvalue weighted by Gasteiger charge is 2.73. The molecule has 0 aromatic heterocycles. The lowest BCUT2D eigenvalue weighted by Crippen LogP contribution is -2.50. The van der Waals surface area contributed by atoms with Gasteiger partial charge >= 0.3 is 18.0 Å². The molecule has 1 aliphatic rings. The van der Waals surface area contributed by atoms with Gasteiger partial charge in [-0.3, -0.25) is 9.59 Å². The molecule has 3 N–H and O–H groups in total. The SMILES string of the molecule is NC(=CC(=O)c1c(Cl)cc(C(F)(C(F)(F)F)C(F)(F)F)cc1Cl)c1ccc(Cl)c(C(=O)NC2CC2)c1. The van der Waals surface area contributed by atoms with Gasteiger partial charge in [0.25, 0.3) is 5.91 Å². The Kier molecular flexibility index (Phi) is 7.61. The van der Waals surface area contributed by atoms with Crippen molar-refractivity contribution in [1.29, 1.82) is 0 Å². The van der Waals surface area contributed by atoms with Gasteiger partial charge in [-0.25, -0.2) is 4.39 Å². The summed E-state index contributed by atoms with van der Waals surface area (Å²) in [6.45, 7) is 0. The summed E-state index contributed by atoms with van der Waals surface area (Å²) in [4.78, 5) is 25.0. The van der Waals surface area contributed by atoms with Crippen LogP contribution in [-0.4, -0.2) is 30.1 Å². The van der Waals surface area contributed by atoms with Crippen molar-refractivity contribution in [2.75, 3.05) is 0 Å². The molecule has 0 radical (unpaired) electrons. The van der Waals surface area contributed by atoms with Crippen molar-refractivity contribution >= 4 is 52.2 Å². The van der Waals surface area contributed by atoms with Gasteiger partial charge in [0.15, 0.2) is 5.78 Å². The molecule has 1 fully saturated rings. The summed E-state index contributed by atoms with van der Waals surface area (Å²) in [5.41, 5.74) is -2.59. The van der Waals surface area contributed by atoms with E-state index in [2.05, 4.69) is 5.32 Å². The van der Waals surface area contributed by atoms with Crippen molar-refractivity contribution in [2.45, 2.75) is 36.9 Å². The van der Waals surface area contributed by atoms with Crippen LogP contribution in [-0.2, 0) is 5.67 Å². The van der Waals surface area contributed by atoms with Crippen molar-refractivity contribution in [2.24, 2.45) is 5.73 Å². The first-order chi connectivity index (χ1) is 16.5. The maximum atomic E-state index is 14.4. The Morgan fingerprint density at radius 3 is 1.89 bits per heavy atom. The second-order valence-corrected chi connectivity index (χ2v) is 9.10. The zero-order valence-corrected chi connectivity index (χ0v) is 19.9. The fourth-order valence-corrected chi connectivity index (χ4v) is 4.04. The first kappa shape index (κ1) is 28.1. The molecule has 0 saturated heterocycles. The predicted molar refractivity (Wildman–Crippen MR) is 120 cm³/mol. The lowest BCUT2D eigenvalue weighted by Gasteiger charge is -2.30. The van der Waals surface area contributed by atoms with E-state index in [1.54, 1.807) is 0 Å². The molecule has 0 heterocycles. The fourth-order valence-electron chi connectivity index (χ4n) is 3.16. The van der Waals surface area contributed by atoms with Gasteiger partial charge in [-0.1, -0.05) is 40.9 Å². The van der Waals surface area contributed by atoms with Gasteiger partial charge in [-0.2, -0.15) is 26.3 Å². The van der Waals surface area contributed by atoms with E-state index in [-0.39, 0.29) is 40.0 Å². The molecule has 4 nitrogen and oxygen atoms in total. The maximum absolute atomic E-state index is 14.4. The van der Waals surface area contributed by atoms with E-state index in [1.807, 2.05) is 0 Å². The largest absolute Gasteiger partial charge is 0.435 e. The molecule has 3 rings (SSSR count). The van der Waals surface area contributed by atoms with Crippen LogP contribution in [0.4, 0.5) is 30.7 Å². The third-order valence-electron chi connectivity index (χ3n) is 5.21. The third kappa shape index (κ3) is 5.42. The summed E-state index contributed by atoms with van der Waals surface area (Å²) in [5, 5.41) is 0.880. The molecule has 36 heavy (non-hydrogen) atoms. The number of hydrogen-bond acceptors (Lipinski definition) is 3. The Morgan fingerprint density at radius 2 is 1.42 bits per heavy atom. The van der Waals surface area contributed by atoms with Crippen LogP contribution in [0.1, 0.15) is 44.7 Å². The second kappa shape index (κ2) is 9.75. The van der Waals surface area contributed by atoms with E-state index < -0.39 is 50.9 Å². The van der Waals surface area contributed by atoms with Crippen molar-refractivity contribution in [1.82, 2.24) is 5.32 Å². The van der Waals surface area contributed by atoms with Crippen LogP contribution < -0.4 is 11.1 Å². The smallest absolute Gasteiger partial charge is 0.398 e. The van der Waals surface area contributed by atoms with E-state index in [0.717, 1.165) is 18.9 Å². The van der Waals surface area contributed by atoms with Gasteiger partial charge < -0.3 is 11.1 Å². The van der Waals surface area contributed by atoms with Crippen LogP contribution >= 0.6 is 34.8 Å². The van der Waals surface area contributed by atoms with Gasteiger partial charge in [-0.15, -0.1) is 0 Å². The standard InChI is InChI=1S/C22H14Cl3F7N2O2/c23-13-4-1-9(5-12(13)19(36)34-11-2-3-11)16(33)8-17(35)18-14(24)6-10(7-15(18)25)20(26,21(27,28)29)22(30,31)32/h1,4-8,11H,2-3,33H2,(H,34,36). The fraction of sp³-hybridized carbons (Fsp3) is 0.273. The van der Waals surface area contributed by atoms with E-state index in [4.69, 9.17) is 40.5 Å².